The molecule has 0 aliphatic rings. The van der Waals surface area contributed by atoms with Crippen molar-refractivity contribution in [3.05, 3.63) is 89.6 Å². The fourth-order valence-electron chi connectivity index (χ4n) is 3.19. The van der Waals surface area contributed by atoms with Crippen molar-refractivity contribution in [1.29, 1.82) is 0 Å². The van der Waals surface area contributed by atoms with Crippen LogP contribution in [-0.2, 0) is 0 Å². The molecule has 0 atom stereocenters. The second-order valence-corrected chi connectivity index (χ2v) is 6.53. The first-order valence-corrected chi connectivity index (χ1v) is 8.40. The van der Waals surface area contributed by atoms with E-state index in [0.717, 1.165) is 22.4 Å². The average molecular weight is 326 g/mol. The van der Waals surface area contributed by atoms with Gasteiger partial charge in [-0.1, -0.05) is 54.1 Å². The minimum Gasteiger partial charge on any atom is -0.256 e. The molecule has 0 spiro atoms. The van der Waals surface area contributed by atoms with Crippen LogP contribution in [0.2, 0.25) is 0 Å². The fourth-order valence-corrected chi connectivity index (χ4v) is 3.19. The molecule has 1 aromatic heterocycles. The van der Waals surface area contributed by atoms with Crippen LogP contribution in [0.4, 0.5) is 0 Å². The van der Waals surface area contributed by atoms with Crippen LogP contribution >= 0.6 is 0 Å². The van der Waals surface area contributed by atoms with E-state index in [2.05, 4.69) is 67.4 Å². The lowest BCUT2D eigenvalue weighted by atomic mass is 9.94. The zero-order valence-corrected chi connectivity index (χ0v) is 14.4. The zero-order chi connectivity index (χ0) is 19.9. The highest BCUT2D eigenvalue weighted by atomic mass is 14.7. The number of aryl methyl sites for hydroxylation is 3. The molecular weight excluding hydrogens is 302 g/mol. The van der Waals surface area contributed by atoms with E-state index in [1.165, 1.54) is 28.1 Å². The first kappa shape index (κ1) is 12.4. The standard InChI is InChI=1S/C24H21N/c1-16-4-7-20-13-21(10-9-19(20)12-16)23-14-22(8-6-18(23)3)24-11-5-17(2)15-25-24/h4-15H,1-3H3/i2D3. The van der Waals surface area contributed by atoms with Gasteiger partial charge in [0.2, 0.25) is 0 Å². The van der Waals surface area contributed by atoms with Crippen molar-refractivity contribution in [2.45, 2.75) is 20.7 Å². The monoisotopic (exact) mass is 326 g/mol. The Morgan fingerprint density at radius 1 is 0.720 bits per heavy atom. The van der Waals surface area contributed by atoms with E-state index in [0.29, 0.717) is 0 Å². The first-order valence-electron chi connectivity index (χ1n) is 9.90. The highest BCUT2D eigenvalue weighted by Crippen LogP contribution is 2.31. The van der Waals surface area contributed by atoms with Crippen LogP contribution in [0.1, 0.15) is 20.8 Å². The van der Waals surface area contributed by atoms with E-state index in [4.69, 9.17) is 4.11 Å². The lowest BCUT2D eigenvalue weighted by Crippen LogP contribution is -1.89. The number of hydrogen-bond donors (Lipinski definition) is 0. The number of pyridine rings is 1. The van der Waals surface area contributed by atoms with Gasteiger partial charge in [0, 0.05) is 15.9 Å². The lowest BCUT2D eigenvalue weighted by Gasteiger charge is -2.11. The van der Waals surface area contributed by atoms with Crippen molar-refractivity contribution in [2.24, 2.45) is 0 Å². The van der Waals surface area contributed by atoms with Crippen LogP contribution in [0.5, 0.6) is 0 Å². The predicted molar refractivity (Wildman–Crippen MR) is 107 cm³/mol. The van der Waals surface area contributed by atoms with Crippen LogP contribution in [0, 0.1) is 20.7 Å². The van der Waals surface area contributed by atoms with Gasteiger partial charge in [-0.15, -0.1) is 0 Å². The Kier molecular flexibility index (Phi) is 3.07. The summed E-state index contributed by atoms with van der Waals surface area (Å²) in [5, 5.41) is 2.45. The van der Waals surface area contributed by atoms with Crippen LogP contribution in [-0.4, -0.2) is 4.98 Å². The number of nitrogens with zero attached hydrogens (tertiary/aromatic N) is 1. The van der Waals surface area contributed by atoms with Crippen molar-refractivity contribution < 1.29 is 4.11 Å². The minimum atomic E-state index is -2.13. The lowest BCUT2D eigenvalue weighted by molar-refractivity contribution is 1.27. The number of benzene rings is 3. The van der Waals surface area contributed by atoms with Crippen molar-refractivity contribution in [3.63, 3.8) is 0 Å². The molecule has 0 unspecified atom stereocenters. The molecule has 0 bridgehead atoms. The van der Waals surface area contributed by atoms with Crippen LogP contribution in [0.15, 0.2) is 72.9 Å². The zero-order valence-electron chi connectivity index (χ0n) is 17.4. The van der Waals surface area contributed by atoms with Crippen molar-refractivity contribution in [3.8, 4) is 22.4 Å². The molecule has 4 aromatic rings. The van der Waals surface area contributed by atoms with Crippen LogP contribution in [0.3, 0.4) is 0 Å². The molecule has 25 heavy (non-hydrogen) atoms. The van der Waals surface area contributed by atoms with Gasteiger partial charge in [0.25, 0.3) is 0 Å². The smallest absolute Gasteiger partial charge is 0.0702 e. The normalized spacial score (nSPS) is 13.3. The number of hydrogen-bond acceptors (Lipinski definition) is 1. The Balaban J connectivity index is 1.76. The fraction of sp³-hybridized carbons (Fsp3) is 0.125. The first-order chi connectivity index (χ1) is 13.3. The van der Waals surface area contributed by atoms with Gasteiger partial charge in [-0.05, 0) is 71.9 Å². The molecule has 122 valence electrons. The van der Waals surface area contributed by atoms with Gasteiger partial charge in [0.05, 0.1) is 5.69 Å². The molecule has 0 aliphatic heterocycles. The van der Waals surface area contributed by atoms with Gasteiger partial charge in [0.15, 0.2) is 0 Å². The Morgan fingerprint density at radius 2 is 1.48 bits per heavy atom. The quantitative estimate of drug-likeness (QED) is 0.410. The van der Waals surface area contributed by atoms with Gasteiger partial charge in [-0.2, -0.15) is 0 Å². The number of aromatic nitrogens is 1. The average Bonchev–Trinajstić information content (AvgIpc) is 2.67. The van der Waals surface area contributed by atoms with Crippen LogP contribution in [0.25, 0.3) is 33.2 Å². The molecule has 1 nitrogen and oxygen atoms in total. The molecule has 0 saturated carbocycles. The largest absolute Gasteiger partial charge is 0.256 e. The van der Waals surface area contributed by atoms with Gasteiger partial charge in [-0.3, -0.25) is 4.98 Å². The minimum absolute atomic E-state index is 0.258. The Morgan fingerprint density at radius 3 is 2.28 bits per heavy atom. The predicted octanol–water partition coefficient (Wildman–Crippen LogP) is 6.49. The van der Waals surface area contributed by atoms with Crippen LogP contribution < -0.4 is 0 Å². The maximum absolute atomic E-state index is 7.50. The molecule has 3 aromatic carbocycles. The maximum atomic E-state index is 7.50. The molecule has 0 aliphatic carbocycles. The van der Waals surface area contributed by atoms with Crippen molar-refractivity contribution in [2.75, 3.05) is 0 Å². The summed E-state index contributed by atoms with van der Waals surface area (Å²) in [6.07, 6.45) is 1.44. The van der Waals surface area contributed by atoms with Crippen molar-refractivity contribution >= 4 is 10.8 Å². The summed E-state index contributed by atoms with van der Waals surface area (Å²) in [5.74, 6) is 0. The van der Waals surface area contributed by atoms with E-state index < -0.39 is 6.85 Å². The highest BCUT2D eigenvalue weighted by Gasteiger charge is 2.07. The van der Waals surface area contributed by atoms with Gasteiger partial charge in [0.1, 0.15) is 0 Å². The molecular formula is C24H21N. The van der Waals surface area contributed by atoms with Crippen molar-refractivity contribution in [1.82, 2.24) is 4.98 Å². The third-order valence-corrected chi connectivity index (χ3v) is 4.60. The summed E-state index contributed by atoms with van der Waals surface area (Å²) < 4.78 is 22.5. The molecule has 0 saturated heterocycles. The second kappa shape index (κ2) is 6.18. The van der Waals surface area contributed by atoms with E-state index >= 15 is 0 Å². The summed E-state index contributed by atoms with van der Waals surface area (Å²) in [5.41, 5.74) is 6.76. The molecule has 4 rings (SSSR count). The van der Waals surface area contributed by atoms with E-state index in [1.54, 1.807) is 12.1 Å². The molecule has 0 amide bonds. The summed E-state index contributed by atoms with van der Waals surface area (Å²) in [7, 11) is 0. The maximum Gasteiger partial charge on any atom is 0.0702 e. The van der Waals surface area contributed by atoms with E-state index in [1.807, 2.05) is 6.07 Å². The molecule has 1 heteroatoms. The van der Waals surface area contributed by atoms with E-state index in [-0.39, 0.29) is 5.56 Å². The Labute approximate surface area is 153 Å². The highest BCUT2D eigenvalue weighted by molar-refractivity contribution is 5.89. The topological polar surface area (TPSA) is 12.9 Å². The summed E-state index contributed by atoms with van der Waals surface area (Å²) in [6, 6.07) is 22.7. The Hall–Kier alpha value is -2.93. The molecule has 1 heterocycles. The second-order valence-electron chi connectivity index (χ2n) is 6.53. The molecule has 0 N–H and O–H groups in total. The van der Waals surface area contributed by atoms with Gasteiger partial charge in [-0.25, -0.2) is 0 Å². The van der Waals surface area contributed by atoms with Gasteiger partial charge >= 0.3 is 0 Å². The third kappa shape index (κ3) is 3.06. The molecule has 0 fully saturated rings. The summed E-state index contributed by atoms with van der Waals surface area (Å²) in [6.45, 7) is 2.07. The van der Waals surface area contributed by atoms with Gasteiger partial charge < -0.3 is 0 Å². The molecule has 0 radical (unpaired) electrons. The third-order valence-electron chi connectivity index (χ3n) is 4.60. The van der Waals surface area contributed by atoms with E-state index in [9.17, 15) is 0 Å². The number of fused-ring (bicyclic) bond motifs is 1. The number of rotatable bonds is 2. The Bertz CT molecular complexity index is 1160. The summed E-state index contributed by atoms with van der Waals surface area (Å²) in [4.78, 5) is 4.38. The summed E-state index contributed by atoms with van der Waals surface area (Å²) >= 11 is 0. The SMILES string of the molecule is [2H]C([2H])([2H])c1ccc(-c2ccc(C)c(-c3ccc4cc(C)ccc4c3)c2)nc1.